The molecule has 1 heterocycles. The molecular formula is C8H17Cl2N7O3. The highest BCUT2D eigenvalue weighted by Crippen LogP contribution is 2.16. The van der Waals surface area contributed by atoms with Crippen molar-refractivity contribution in [1.29, 1.82) is 0 Å². The zero-order chi connectivity index (χ0) is 15.6. The summed E-state index contributed by atoms with van der Waals surface area (Å²) in [5.74, 6) is -1.21. The van der Waals surface area contributed by atoms with Crippen LogP contribution in [0.2, 0.25) is 5.15 Å². The fraction of sp³-hybridized carbons (Fsp3) is 0.250. The fourth-order valence-corrected chi connectivity index (χ4v) is 0.926. The average Bonchev–Trinajstić information content (AvgIpc) is 2.37. The second-order valence-corrected chi connectivity index (χ2v) is 2.90. The lowest BCUT2D eigenvalue weighted by atomic mass is 10.4. The molecule has 0 spiro atoms. The highest BCUT2D eigenvalue weighted by atomic mass is 35.5. The normalized spacial score (nSPS) is 7.85. The number of hydrogen-bond acceptors (Lipinski definition) is 7. The molecule has 0 aliphatic carbocycles. The van der Waals surface area contributed by atoms with Gasteiger partial charge in [0.1, 0.15) is 0 Å². The maximum atomic E-state index is 11.4. The molecule has 0 bridgehead atoms. The minimum atomic E-state index is -0.707. The largest absolute Gasteiger partial charge is 1.00 e. The van der Waals surface area contributed by atoms with Gasteiger partial charge in [0.05, 0.1) is 0 Å². The van der Waals surface area contributed by atoms with Gasteiger partial charge in [0, 0.05) is 14.2 Å². The van der Waals surface area contributed by atoms with Crippen LogP contribution in [-0.2, 0) is 0 Å². The predicted molar refractivity (Wildman–Crippen MR) is 70.7 cm³/mol. The van der Waals surface area contributed by atoms with E-state index in [2.05, 4.69) is 15.3 Å². The number of anilines is 2. The lowest BCUT2D eigenvalue weighted by Gasteiger charge is -2.03. The number of carbonyl (C=O) groups excluding carboxylic acids is 1. The monoisotopic (exact) mass is 329 g/mol. The van der Waals surface area contributed by atoms with Gasteiger partial charge in [0.15, 0.2) is 22.5 Å². The van der Waals surface area contributed by atoms with Crippen molar-refractivity contribution in [2.75, 3.05) is 25.7 Å². The number of nitrogens with one attached hydrogen (secondary N) is 1. The van der Waals surface area contributed by atoms with Crippen molar-refractivity contribution in [2.24, 2.45) is 5.73 Å². The Hall–Kier alpha value is -1.88. The Kier molecular flexibility index (Phi) is 14.1. The summed E-state index contributed by atoms with van der Waals surface area (Å²) >= 11 is 5.56. The summed E-state index contributed by atoms with van der Waals surface area (Å²) in [4.78, 5) is 18.6. The highest BCUT2D eigenvalue weighted by molar-refractivity contribution is 6.31. The Bertz CT molecular complexity index is 444. The van der Waals surface area contributed by atoms with Crippen LogP contribution in [0.1, 0.15) is 10.5 Å². The van der Waals surface area contributed by atoms with Crippen LogP contribution in [0.15, 0.2) is 0 Å². The maximum absolute atomic E-state index is 11.4. The van der Waals surface area contributed by atoms with Crippen LogP contribution in [0.4, 0.5) is 11.6 Å². The molecule has 1 rings (SSSR count). The number of rotatable bonds is 1. The van der Waals surface area contributed by atoms with E-state index in [0.29, 0.717) is 0 Å². The smallest absolute Gasteiger partial charge is 0.346 e. The summed E-state index contributed by atoms with van der Waals surface area (Å²) in [5.41, 5.74) is 15.6. The number of aliphatic hydroxyl groups excluding tert-OH is 2. The average molecular weight is 330 g/mol. The van der Waals surface area contributed by atoms with Gasteiger partial charge in [-0.3, -0.25) is 11.1 Å². The van der Waals surface area contributed by atoms with Gasteiger partial charge in [-0.15, -0.1) is 0 Å². The fourth-order valence-electron chi connectivity index (χ4n) is 0.799. The number of halogens is 2. The van der Waals surface area contributed by atoms with Gasteiger partial charge in [-0.2, -0.15) is 0 Å². The second kappa shape index (κ2) is 12.2. The number of nitrogens with two attached hydrogens (primary N) is 4. The molecule has 0 aromatic carbocycles. The number of nitrogen functional groups attached to an aromatic ring is 2. The van der Waals surface area contributed by atoms with Crippen LogP contribution in [0.3, 0.4) is 0 Å². The van der Waals surface area contributed by atoms with Gasteiger partial charge in [-0.25, -0.2) is 20.1 Å². The van der Waals surface area contributed by atoms with E-state index in [4.69, 9.17) is 44.4 Å². The van der Waals surface area contributed by atoms with Crippen molar-refractivity contribution in [3.8, 4) is 0 Å². The Morgan fingerprint density at radius 1 is 1.20 bits per heavy atom. The first-order valence-corrected chi connectivity index (χ1v) is 4.96. The van der Waals surface area contributed by atoms with Gasteiger partial charge >= 0.3 is 11.9 Å². The van der Waals surface area contributed by atoms with Crippen LogP contribution in [0.5, 0.6) is 0 Å². The van der Waals surface area contributed by atoms with E-state index < -0.39 is 5.91 Å². The Morgan fingerprint density at radius 2 is 1.65 bits per heavy atom. The topological polar surface area (TPSA) is 199 Å². The van der Waals surface area contributed by atoms with E-state index in [1.165, 1.54) is 0 Å². The number of hydrogen-bond donors (Lipinski definition) is 7. The number of aliphatic hydroxyl groups is 2. The molecule has 0 fully saturated rings. The maximum Gasteiger partial charge on any atom is 0.346 e. The third-order valence-corrected chi connectivity index (χ3v) is 1.66. The highest BCUT2D eigenvalue weighted by Gasteiger charge is 2.19. The minimum Gasteiger partial charge on any atom is -1.00 e. The zero-order valence-electron chi connectivity index (χ0n) is 10.8. The summed E-state index contributed by atoms with van der Waals surface area (Å²) in [6, 6.07) is 0. The van der Waals surface area contributed by atoms with Gasteiger partial charge in [-0.1, -0.05) is 11.6 Å². The standard InChI is InChI=1S/C6H8ClN7O.2CH4O.ClH/c7-2-4(9)13-3(8)1(12-2)5(15)14-6(10)11;2*1-2;/h(H4,8,9,13)(H4,10,11,14,15);2*2H,1H3;1H. The molecule has 1 amide bonds. The van der Waals surface area contributed by atoms with Crippen LogP contribution < -0.4 is 40.3 Å². The van der Waals surface area contributed by atoms with Gasteiger partial charge in [-0.05, 0) is 0 Å². The van der Waals surface area contributed by atoms with E-state index >= 15 is 0 Å². The number of amides is 1. The molecule has 0 radical (unpaired) electrons. The van der Waals surface area contributed by atoms with Crippen LogP contribution in [0.25, 0.3) is 0 Å². The first kappa shape index (κ1) is 23.2. The lowest BCUT2D eigenvalue weighted by molar-refractivity contribution is -0.119. The Labute approximate surface area is 126 Å². The summed E-state index contributed by atoms with van der Waals surface area (Å²) in [5, 5.41) is 21.0. The molecular weight excluding hydrogens is 313 g/mol. The van der Waals surface area contributed by atoms with E-state index in [-0.39, 0.29) is 40.8 Å². The van der Waals surface area contributed by atoms with Crippen LogP contribution >= 0.6 is 11.6 Å². The van der Waals surface area contributed by atoms with Gasteiger partial charge < -0.3 is 34.1 Å². The molecule has 12 heteroatoms. The Balaban J connectivity index is -0.000000529. The molecule has 0 atom stereocenters. The van der Waals surface area contributed by atoms with Crippen LogP contribution in [0, 0.1) is 0 Å². The molecule has 20 heavy (non-hydrogen) atoms. The first-order valence-electron chi connectivity index (χ1n) is 4.59. The van der Waals surface area contributed by atoms with E-state index in [1.54, 1.807) is 0 Å². The quantitative estimate of drug-likeness (QED) is 0.194. The zero-order valence-corrected chi connectivity index (χ0v) is 12.3. The van der Waals surface area contributed by atoms with Crippen LogP contribution in [-0.4, -0.2) is 46.3 Å². The number of carbonyl (C=O) groups is 1. The summed E-state index contributed by atoms with van der Waals surface area (Å²) in [6.07, 6.45) is 0. The van der Waals surface area contributed by atoms with Gasteiger partial charge in [0.2, 0.25) is 0 Å². The van der Waals surface area contributed by atoms with Crippen molar-refractivity contribution in [2.45, 2.75) is 0 Å². The molecule has 11 N–H and O–H groups in total. The molecule has 116 valence electrons. The number of guanidine groups is 1. The molecule has 0 saturated heterocycles. The van der Waals surface area contributed by atoms with Crippen molar-refractivity contribution in [3.05, 3.63) is 10.8 Å². The van der Waals surface area contributed by atoms with Crippen molar-refractivity contribution in [3.63, 3.8) is 0 Å². The minimum absolute atomic E-state index is 0. The lowest BCUT2D eigenvalue weighted by Crippen LogP contribution is -3.00. The van der Waals surface area contributed by atoms with Crippen molar-refractivity contribution in [1.82, 2.24) is 15.3 Å². The summed E-state index contributed by atoms with van der Waals surface area (Å²) < 4.78 is 0. The van der Waals surface area contributed by atoms with E-state index in [9.17, 15) is 4.79 Å². The third kappa shape index (κ3) is 7.53. The van der Waals surface area contributed by atoms with E-state index in [0.717, 1.165) is 14.2 Å². The Morgan fingerprint density at radius 3 is 2.05 bits per heavy atom. The molecule has 0 saturated carbocycles. The van der Waals surface area contributed by atoms with E-state index in [1.807, 2.05) is 0 Å². The first-order chi connectivity index (χ1) is 8.91. The molecule has 0 unspecified atom stereocenters. The summed E-state index contributed by atoms with van der Waals surface area (Å²) in [6.45, 7) is 0. The van der Waals surface area contributed by atoms with Gasteiger partial charge in [0.25, 0.3) is 0 Å². The third-order valence-electron chi connectivity index (χ3n) is 1.38. The number of nitrogens with zero attached hydrogens (tertiary/aromatic N) is 2. The predicted octanol–water partition coefficient (Wildman–Crippen LogP) is -6.68. The van der Waals surface area contributed by atoms with Crippen molar-refractivity contribution >= 4 is 35.1 Å². The molecule has 1 aromatic rings. The van der Waals surface area contributed by atoms with Crippen molar-refractivity contribution < 1.29 is 32.8 Å². The number of aromatic nitrogens is 2. The molecule has 1 aromatic heterocycles. The molecule has 0 aliphatic heterocycles. The molecule has 0 aliphatic rings. The second-order valence-electron chi connectivity index (χ2n) is 2.54. The SMILES string of the molecule is CO.CO.NC(=[NH2+])NC(=O)c1nc(Cl)c(N)nc1N.[Cl-]. The summed E-state index contributed by atoms with van der Waals surface area (Å²) in [7, 11) is 2.00. The molecule has 10 nitrogen and oxygen atoms in total.